The van der Waals surface area contributed by atoms with Gasteiger partial charge >= 0.3 is 5.97 Å². The molecule has 0 bridgehead atoms. The second-order valence-electron chi connectivity index (χ2n) is 4.30. The van der Waals surface area contributed by atoms with Crippen molar-refractivity contribution in [3.05, 3.63) is 11.6 Å². The number of carbonyl (C=O) groups is 1. The number of ether oxygens (including phenoxy) is 2. The van der Waals surface area contributed by atoms with Gasteiger partial charge in [-0.2, -0.15) is 0 Å². The zero-order valence-electron chi connectivity index (χ0n) is 10.7. The van der Waals surface area contributed by atoms with Crippen molar-refractivity contribution in [2.75, 3.05) is 0 Å². The topological polar surface area (TPSA) is 96.2 Å². The normalized spacial score (nSPS) is 37.4. The predicted octanol–water partition coefficient (Wildman–Crippen LogP) is -0.287. The van der Waals surface area contributed by atoms with Crippen LogP contribution >= 0.6 is 0 Å². The Kier molecular flexibility index (Phi) is 5.28. The van der Waals surface area contributed by atoms with E-state index < -0.39 is 36.7 Å². The van der Waals surface area contributed by atoms with Gasteiger partial charge in [0, 0.05) is 5.57 Å². The van der Waals surface area contributed by atoms with Gasteiger partial charge in [-0.05, 0) is 20.3 Å². The van der Waals surface area contributed by atoms with Gasteiger partial charge in [-0.3, -0.25) is 0 Å². The lowest BCUT2D eigenvalue weighted by molar-refractivity contribution is -0.287. The molecule has 0 saturated carbocycles. The van der Waals surface area contributed by atoms with Crippen LogP contribution in [0.15, 0.2) is 11.6 Å². The average Bonchev–Trinajstić information content (AvgIpc) is 2.38. The molecule has 0 radical (unpaired) electrons. The second kappa shape index (κ2) is 6.29. The van der Waals surface area contributed by atoms with Gasteiger partial charge in [0.15, 0.2) is 0 Å². The van der Waals surface area contributed by atoms with Crippen LogP contribution in [0.2, 0.25) is 0 Å². The maximum Gasteiger partial charge on any atom is 0.335 e. The van der Waals surface area contributed by atoms with E-state index in [1.54, 1.807) is 26.8 Å². The molecule has 18 heavy (non-hydrogen) atoms. The molecule has 1 heterocycles. The first-order valence-electron chi connectivity index (χ1n) is 5.95. The van der Waals surface area contributed by atoms with Crippen LogP contribution in [0.1, 0.15) is 27.2 Å². The van der Waals surface area contributed by atoms with Crippen LogP contribution in [0.4, 0.5) is 0 Å². The van der Waals surface area contributed by atoms with Crippen LogP contribution in [0.5, 0.6) is 0 Å². The molecule has 0 aromatic rings. The van der Waals surface area contributed by atoms with Crippen LogP contribution in [0.3, 0.4) is 0 Å². The molecule has 104 valence electrons. The highest BCUT2D eigenvalue weighted by Gasteiger charge is 2.44. The van der Waals surface area contributed by atoms with Crippen LogP contribution in [-0.2, 0) is 14.3 Å². The van der Waals surface area contributed by atoms with Crippen LogP contribution in [-0.4, -0.2) is 52.0 Å². The van der Waals surface area contributed by atoms with Gasteiger partial charge in [0.1, 0.15) is 18.3 Å². The second-order valence-corrected chi connectivity index (χ2v) is 4.30. The van der Waals surface area contributed by atoms with E-state index in [0.29, 0.717) is 12.0 Å². The number of allylic oxidation sites excluding steroid dienone is 1. The number of esters is 1. The monoisotopic (exact) mass is 260 g/mol. The first-order chi connectivity index (χ1) is 8.42. The fourth-order valence-corrected chi connectivity index (χ4v) is 1.67. The molecular formula is C12H20O6. The van der Waals surface area contributed by atoms with Crippen LogP contribution in [0, 0.1) is 0 Å². The third kappa shape index (κ3) is 3.08. The molecule has 0 aromatic carbocycles. The Morgan fingerprint density at radius 3 is 2.39 bits per heavy atom. The Morgan fingerprint density at radius 1 is 1.28 bits per heavy atom. The van der Waals surface area contributed by atoms with Crippen LogP contribution in [0.25, 0.3) is 0 Å². The van der Waals surface area contributed by atoms with Gasteiger partial charge < -0.3 is 24.8 Å². The van der Waals surface area contributed by atoms with Gasteiger partial charge in [0.25, 0.3) is 0 Å². The summed E-state index contributed by atoms with van der Waals surface area (Å²) in [6, 6.07) is 0. The van der Waals surface area contributed by atoms with Gasteiger partial charge in [0.2, 0.25) is 6.29 Å². The maximum absolute atomic E-state index is 11.5. The maximum atomic E-state index is 11.5. The number of rotatable bonds is 3. The van der Waals surface area contributed by atoms with Gasteiger partial charge in [-0.25, -0.2) is 4.79 Å². The zero-order valence-corrected chi connectivity index (χ0v) is 10.7. The minimum Gasteiger partial charge on any atom is -0.429 e. The highest BCUT2D eigenvalue weighted by atomic mass is 16.7. The first-order valence-corrected chi connectivity index (χ1v) is 5.95. The summed E-state index contributed by atoms with van der Waals surface area (Å²) in [4.78, 5) is 11.5. The molecule has 1 rings (SSSR count). The molecule has 5 atom stereocenters. The fraction of sp³-hybridized carbons (Fsp3) is 0.750. The number of hydrogen-bond donors (Lipinski definition) is 3. The first kappa shape index (κ1) is 15.1. The van der Waals surface area contributed by atoms with Crippen molar-refractivity contribution in [1.29, 1.82) is 0 Å². The van der Waals surface area contributed by atoms with E-state index >= 15 is 0 Å². The van der Waals surface area contributed by atoms with E-state index in [4.69, 9.17) is 9.47 Å². The highest BCUT2D eigenvalue weighted by molar-refractivity contribution is 5.87. The van der Waals surface area contributed by atoms with Crippen molar-refractivity contribution in [2.45, 2.75) is 57.9 Å². The summed E-state index contributed by atoms with van der Waals surface area (Å²) >= 11 is 0. The lowest BCUT2D eigenvalue weighted by atomic mass is 9.97. The van der Waals surface area contributed by atoms with Crippen molar-refractivity contribution >= 4 is 5.97 Å². The smallest absolute Gasteiger partial charge is 0.335 e. The number of aliphatic hydroxyl groups is 3. The third-order valence-corrected chi connectivity index (χ3v) is 3.05. The number of aliphatic hydroxyl groups excluding tert-OH is 3. The Labute approximate surface area is 106 Å². The molecule has 0 spiro atoms. The summed E-state index contributed by atoms with van der Waals surface area (Å²) in [5, 5.41) is 29.0. The molecule has 0 aliphatic carbocycles. The summed E-state index contributed by atoms with van der Waals surface area (Å²) in [6.07, 6.45) is -3.99. The standard InChI is InChI=1S/C12H20O6/c1-4-6(3)11(16)18-12-10(15)9(14)8(13)7(5-2)17-12/h4,7-10,12-15H,5H2,1-3H3/b6-4+/t7-,8-,9+,10-,12+/m1/s1. The van der Waals surface area contributed by atoms with E-state index in [2.05, 4.69) is 0 Å². The molecule has 6 heteroatoms. The number of hydrogen-bond acceptors (Lipinski definition) is 6. The molecule has 6 nitrogen and oxygen atoms in total. The van der Waals surface area contributed by atoms with E-state index in [1.165, 1.54) is 0 Å². The summed E-state index contributed by atoms with van der Waals surface area (Å²) in [5.41, 5.74) is 0.375. The largest absolute Gasteiger partial charge is 0.429 e. The third-order valence-electron chi connectivity index (χ3n) is 3.05. The molecule has 3 N–H and O–H groups in total. The number of carbonyl (C=O) groups excluding carboxylic acids is 1. The molecule has 0 unspecified atom stereocenters. The summed E-state index contributed by atoms with van der Waals surface area (Å²) in [7, 11) is 0. The Hall–Kier alpha value is -0.950. The fourth-order valence-electron chi connectivity index (χ4n) is 1.67. The molecule has 1 fully saturated rings. The molecule has 0 amide bonds. The van der Waals surface area contributed by atoms with E-state index in [-0.39, 0.29) is 0 Å². The summed E-state index contributed by atoms with van der Waals surface area (Å²) < 4.78 is 10.2. The van der Waals surface area contributed by atoms with Crippen molar-refractivity contribution < 1.29 is 29.6 Å². The van der Waals surface area contributed by atoms with Crippen molar-refractivity contribution in [2.24, 2.45) is 0 Å². The zero-order chi connectivity index (χ0) is 13.9. The molecule has 1 saturated heterocycles. The summed E-state index contributed by atoms with van der Waals surface area (Å²) in [5.74, 6) is -0.625. The molecule has 1 aliphatic heterocycles. The minimum absolute atomic E-state index is 0.375. The van der Waals surface area contributed by atoms with Gasteiger partial charge in [-0.15, -0.1) is 0 Å². The Bertz CT molecular complexity index is 325. The van der Waals surface area contributed by atoms with E-state index in [0.717, 1.165) is 0 Å². The molecule has 0 aromatic heterocycles. The highest BCUT2D eigenvalue weighted by Crippen LogP contribution is 2.24. The lowest BCUT2D eigenvalue weighted by Crippen LogP contribution is -2.58. The SMILES string of the molecule is C/C=C(\C)C(=O)O[C@@H]1O[C@H](CC)[C@@H](O)[C@H](O)[C@H]1O. The summed E-state index contributed by atoms with van der Waals surface area (Å²) in [6.45, 7) is 5.01. The predicted molar refractivity (Wildman–Crippen MR) is 62.5 cm³/mol. The van der Waals surface area contributed by atoms with Crippen molar-refractivity contribution in [3.63, 3.8) is 0 Å². The van der Waals surface area contributed by atoms with Crippen LogP contribution < -0.4 is 0 Å². The van der Waals surface area contributed by atoms with Gasteiger partial charge in [-0.1, -0.05) is 13.0 Å². The van der Waals surface area contributed by atoms with E-state index in [1.807, 2.05) is 0 Å². The molecule has 1 aliphatic rings. The average molecular weight is 260 g/mol. The minimum atomic E-state index is -1.46. The molecular weight excluding hydrogens is 240 g/mol. The van der Waals surface area contributed by atoms with Crippen molar-refractivity contribution in [3.8, 4) is 0 Å². The Balaban J connectivity index is 2.73. The lowest BCUT2D eigenvalue weighted by Gasteiger charge is -2.39. The van der Waals surface area contributed by atoms with E-state index in [9.17, 15) is 20.1 Å². The Morgan fingerprint density at radius 2 is 1.89 bits per heavy atom. The van der Waals surface area contributed by atoms with Crippen molar-refractivity contribution in [1.82, 2.24) is 0 Å². The quantitative estimate of drug-likeness (QED) is 0.477. The van der Waals surface area contributed by atoms with Gasteiger partial charge in [0.05, 0.1) is 6.10 Å².